The van der Waals surface area contributed by atoms with E-state index in [0.29, 0.717) is 26.2 Å². The van der Waals surface area contributed by atoms with Crippen LogP contribution in [-0.2, 0) is 0 Å². The molecule has 7 nitrogen and oxygen atoms in total. The van der Waals surface area contributed by atoms with Gasteiger partial charge in [0, 0.05) is 44.0 Å². The minimum absolute atomic E-state index is 0.0583. The van der Waals surface area contributed by atoms with Crippen molar-refractivity contribution >= 4 is 17.5 Å². The maximum Gasteiger partial charge on any atom is 0.407 e. The van der Waals surface area contributed by atoms with Crippen LogP contribution in [0.2, 0.25) is 0 Å². The summed E-state index contributed by atoms with van der Waals surface area (Å²) < 4.78 is 0. The molecule has 18 heavy (non-hydrogen) atoms. The Hall–Kier alpha value is -2.31. The molecule has 0 bridgehead atoms. The lowest BCUT2D eigenvalue weighted by Gasteiger charge is -2.34. The van der Waals surface area contributed by atoms with E-state index in [0.717, 1.165) is 5.69 Å². The number of rotatable bonds is 2. The summed E-state index contributed by atoms with van der Waals surface area (Å²) in [6.45, 7) is 2.10. The zero-order valence-electron chi connectivity index (χ0n) is 9.65. The van der Waals surface area contributed by atoms with E-state index in [1.807, 2.05) is 4.90 Å². The van der Waals surface area contributed by atoms with Crippen LogP contribution in [0.5, 0.6) is 0 Å². The van der Waals surface area contributed by atoms with Crippen LogP contribution in [0.3, 0.4) is 0 Å². The molecule has 0 radical (unpaired) electrons. The van der Waals surface area contributed by atoms with Crippen molar-refractivity contribution in [2.45, 2.75) is 0 Å². The maximum absolute atomic E-state index is 10.7. The summed E-state index contributed by atoms with van der Waals surface area (Å²) in [7, 11) is 0. The van der Waals surface area contributed by atoms with Gasteiger partial charge in [-0.3, -0.25) is 10.1 Å². The SMILES string of the molecule is O=C(O)N1CCN(c2ccc([N+](=O)[O-])cc2)CC1. The summed E-state index contributed by atoms with van der Waals surface area (Å²) in [4.78, 5) is 24.2. The van der Waals surface area contributed by atoms with Crippen LogP contribution in [-0.4, -0.2) is 47.2 Å². The van der Waals surface area contributed by atoms with Crippen molar-refractivity contribution in [1.82, 2.24) is 4.90 Å². The summed E-state index contributed by atoms with van der Waals surface area (Å²) in [5.41, 5.74) is 0.938. The van der Waals surface area contributed by atoms with Crippen LogP contribution in [0, 0.1) is 10.1 Å². The molecule has 7 heteroatoms. The Morgan fingerprint density at radius 1 is 1.17 bits per heavy atom. The number of piperazine rings is 1. The van der Waals surface area contributed by atoms with Crippen LogP contribution in [0.15, 0.2) is 24.3 Å². The Kier molecular flexibility index (Phi) is 3.31. The van der Waals surface area contributed by atoms with Crippen LogP contribution >= 0.6 is 0 Å². The number of anilines is 1. The standard InChI is InChI=1S/C11H13N3O4/c15-11(16)13-7-5-12(6-8-13)9-1-3-10(4-2-9)14(17)18/h1-4H,5-8H2,(H,15,16). The van der Waals surface area contributed by atoms with Gasteiger partial charge in [-0.05, 0) is 12.1 Å². The molecule has 0 unspecified atom stereocenters. The van der Waals surface area contributed by atoms with Crippen molar-refractivity contribution in [3.05, 3.63) is 34.4 Å². The number of carboxylic acid groups (broad SMARTS) is 1. The van der Waals surface area contributed by atoms with Gasteiger partial charge in [-0.25, -0.2) is 4.79 Å². The molecular formula is C11H13N3O4. The van der Waals surface area contributed by atoms with Gasteiger partial charge >= 0.3 is 6.09 Å². The molecule has 0 aliphatic carbocycles. The zero-order valence-corrected chi connectivity index (χ0v) is 9.65. The van der Waals surface area contributed by atoms with Crippen molar-refractivity contribution in [3.8, 4) is 0 Å². The third kappa shape index (κ3) is 2.50. The quantitative estimate of drug-likeness (QED) is 0.634. The summed E-state index contributed by atoms with van der Waals surface area (Å²) in [6, 6.07) is 6.29. The highest BCUT2D eigenvalue weighted by molar-refractivity contribution is 5.65. The minimum Gasteiger partial charge on any atom is -0.465 e. The Morgan fingerprint density at radius 2 is 1.72 bits per heavy atom. The second kappa shape index (κ2) is 4.91. The van der Waals surface area contributed by atoms with E-state index in [1.54, 1.807) is 12.1 Å². The molecule has 1 aliphatic rings. The number of nitro groups is 1. The molecule has 1 aliphatic heterocycles. The first-order chi connectivity index (χ1) is 8.58. The molecule has 1 saturated heterocycles. The molecule has 0 atom stereocenters. The highest BCUT2D eigenvalue weighted by Gasteiger charge is 2.20. The number of hydrogen-bond acceptors (Lipinski definition) is 4. The highest BCUT2D eigenvalue weighted by Crippen LogP contribution is 2.20. The molecule has 0 spiro atoms. The fourth-order valence-electron chi connectivity index (χ4n) is 1.94. The molecule has 96 valence electrons. The molecule has 1 amide bonds. The summed E-state index contributed by atoms with van der Waals surface area (Å²) in [5, 5.41) is 19.4. The van der Waals surface area contributed by atoms with Gasteiger partial charge in [0.25, 0.3) is 5.69 Å². The number of carbonyl (C=O) groups is 1. The van der Waals surface area contributed by atoms with Gasteiger partial charge < -0.3 is 14.9 Å². The summed E-state index contributed by atoms with van der Waals surface area (Å²) in [6.07, 6.45) is -0.904. The largest absolute Gasteiger partial charge is 0.465 e. The predicted octanol–water partition coefficient (Wildman–Crippen LogP) is 1.39. The van der Waals surface area contributed by atoms with Crippen LogP contribution in [0.1, 0.15) is 0 Å². The van der Waals surface area contributed by atoms with Crippen LogP contribution < -0.4 is 4.90 Å². The predicted molar refractivity (Wildman–Crippen MR) is 64.9 cm³/mol. The first-order valence-corrected chi connectivity index (χ1v) is 5.55. The average Bonchev–Trinajstić information content (AvgIpc) is 2.39. The second-order valence-electron chi connectivity index (χ2n) is 4.03. The lowest BCUT2D eigenvalue weighted by molar-refractivity contribution is -0.384. The fraction of sp³-hybridized carbons (Fsp3) is 0.364. The van der Waals surface area contributed by atoms with Gasteiger partial charge in [0.2, 0.25) is 0 Å². The molecule has 2 rings (SSSR count). The molecule has 1 aromatic carbocycles. The highest BCUT2D eigenvalue weighted by atomic mass is 16.6. The van der Waals surface area contributed by atoms with Gasteiger partial charge in [0.15, 0.2) is 0 Å². The Bertz CT molecular complexity index is 452. The molecular weight excluding hydrogens is 238 g/mol. The fourth-order valence-corrected chi connectivity index (χ4v) is 1.94. The average molecular weight is 251 g/mol. The van der Waals surface area contributed by atoms with Crippen molar-refractivity contribution in [1.29, 1.82) is 0 Å². The smallest absolute Gasteiger partial charge is 0.407 e. The number of non-ortho nitro benzene ring substituents is 1. The lowest BCUT2D eigenvalue weighted by Crippen LogP contribution is -2.48. The van der Waals surface area contributed by atoms with Crippen molar-refractivity contribution in [3.63, 3.8) is 0 Å². The zero-order chi connectivity index (χ0) is 13.1. The van der Waals surface area contributed by atoms with Gasteiger partial charge in [-0.2, -0.15) is 0 Å². The van der Waals surface area contributed by atoms with E-state index in [-0.39, 0.29) is 5.69 Å². The Morgan fingerprint density at radius 3 is 2.17 bits per heavy atom. The molecule has 0 aromatic heterocycles. The molecule has 1 fully saturated rings. The number of nitrogens with zero attached hydrogens (tertiary/aromatic N) is 3. The number of benzene rings is 1. The van der Waals surface area contributed by atoms with E-state index in [1.165, 1.54) is 17.0 Å². The van der Waals surface area contributed by atoms with Gasteiger partial charge in [0.05, 0.1) is 4.92 Å². The molecule has 1 heterocycles. The van der Waals surface area contributed by atoms with E-state index in [2.05, 4.69) is 0 Å². The number of hydrogen-bond donors (Lipinski definition) is 1. The van der Waals surface area contributed by atoms with Gasteiger partial charge in [-0.15, -0.1) is 0 Å². The summed E-state index contributed by atoms with van der Waals surface area (Å²) in [5.74, 6) is 0. The van der Waals surface area contributed by atoms with Crippen LogP contribution in [0.4, 0.5) is 16.2 Å². The van der Waals surface area contributed by atoms with Gasteiger partial charge in [0.1, 0.15) is 0 Å². The maximum atomic E-state index is 10.7. The monoisotopic (exact) mass is 251 g/mol. The normalized spacial score (nSPS) is 15.6. The first kappa shape index (κ1) is 12.2. The Balaban J connectivity index is 2.01. The third-order valence-electron chi connectivity index (χ3n) is 2.98. The number of amides is 1. The molecule has 1 aromatic rings. The van der Waals surface area contributed by atoms with E-state index in [9.17, 15) is 14.9 Å². The van der Waals surface area contributed by atoms with Crippen molar-refractivity contribution in [2.24, 2.45) is 0 Å². The first-order valence-electron chi connectivity index (χ1n) is 5.55. The number of nitro benzene ring substituents is 1. The topological polar surface area (TPSA) is 86.9 Å². The minimum atomic E-state index is -0.904. The summed E-state index contributed by atoms with van der Waals surface area (Å²) >= 11 is 0. The van der Waals surface area contributed by atoms with E-state index < -0.39 is 11.0 Å². The van der Waals surface area contributed by atoms with Crippen molar-refractivity contribution in [2.75, 3.05) is 31.1 Å². The van der Waals surface area contributed by atoms with E-state index in [4.69, 9.17) is 5.11 Å². The van der Waals surface area contributed by atoms with Crippen LogP contribution in [0.25, 0.3) is 0 Å². The molecule has 1 N–H and O–H groups in total. The molecule has 0 saturated carbocycles. The second-order valence-corrected chi connectivity index (χ2v) is 4.03. The van der Waals surface area contributed by atoms with Crippen molar-refractivity contribution < 1.29 is 14.8 Å². The van der Waals surface area contributed by atoms with E-state index >= 15 is 0 Å². The lowest BCUT2D eigenvalue weighted by atomic mass is 10.2. The Labute approximate surface area is 103 Å². The third-order valence-corrected chi connectivity index (χ3v) is 2.98. The van der Waals surface area contributed by atoms with Gasteiger partial charge in [-0.1, -0.05) is 0 Å².